The van der Waals surface area contributed by atoms with Gasteiger partial charge in [-0.1, -0.05) is 106 Å². The van der Waals surface area contributed by atoms with Crippen molar-refractivity contribution in [2.75, 3.05) is 12.4 Å². The fourth-order valence-electron chi connectivity index (χ4n) is 9.17. The first-order valence-corrected chi connectivity index (χ1v) is 27.1. The summed E-state index contributed by atoms with van der Waals surface area (Å²) in [7, 11) is 1.77. The number of anilines is 1. The van der Waals surface area contributed by atoms with Gasteiger partial charge in [0.05, 0.1) is 79.9 Å². The van der Waals surface area contributed by atoms with E-state index in [0.29, 0.717) is 12.0 Å². The van der Waals surface area contributed by atoms with E-state index in [1.807, 2.05) is 32.1 Å². The molecule has 18 atom stereocenters. The van der Waals surface area contributed by atoms with Gasteiger partial charge in [0.25, 0.3) is 0 Å². The van der Waals surface area contributed by atoms with Gasteiger partial charge in [-0.15, -0.1) is 0 Å². The molecule has 19 nitrogen and oxygen atoms in total. The molecule has 0 bridgehead atoms. The number of aliphatic hydroxyl groups excluding tert-OH is 10. The summed E-state index contributed by atoms with van der Waals surface area (Å²) in [6, 6.07) is 6.05. The molecule has 2 heterocycles. The number of aliphatic hydroxyl groups is 10. The molecule has 0 saturated carbocycles. The molecule has 0 radical (unpaired) electrons. The van der Waals surface area contributed by atoms with Gasteiger partial charge >= 0.3 is 5.97 Å². The van der Waals surface area contributed by atoms with E-state index >= 15 is 0 Å². The van der Waals surface area contributed by atoms with Crippen LogP contribution in [0.25, 0.3) is 0 Å². The van der Waals surface area contributed by atoms with Crippen LogP contribution in [0.5, 0.6) is 0 Å². The van der Waals surface area contributed by atoms with Crippen LogP contribution in [0.2, 0.25) is 0 Å². The first-order chi connectivity index (χ1) is 37.0. The molecule has 2 aliphatic rings. The Morgan fingerprint density at radius 1 is 0.654 bits per heavy atom. The Bertz CT molecular complexity index is 2180. The number of carbonyl (C=O) groups is 4. The quantitative estimate of drug-likeness (QED) is 0.0906. The Labute approximate surface area is 459 Å². The molecule has 1 aromatic carbocycles. The highest BCUT2D eigenvalue weighted by Gasteiger charge is 2.42. The number of benzene rings is 1. The standard InChI is InChI=1S/C59H88N2O17/c1-36-18-16-14-12-10-8-6-7-9-11-13-15-17-19-50(77-59-57(75)56(74)55(60)39(4)76-59)35-52(71)38(3)51(70)33-48(68)30-46(66)28-44(64)26-43(63)27-45(65)29-47(67)31-49(69)34-54(73)78-58(36)37(2)20-25-42(62)32-53(72)40-21-23-41(61-5)24-22-40/h6-19,21-24,36-39,42-45,47,49-52,55-59,61-65,67,69-71,74-75H,20,25-35,60H2,1-5H3. The number of nitrogens with one attached hydrogen (secondary N) is 1. The van der Waals surface area contributed by atoms with E-state index in [0.717, 1.165) is 5.69 Å². The van der Waals surface area contributed by atoms with Crippen molar-refractivity contribution in [2.45, 2.75) is 196 Å². The van der Waals surface area contributed by atoms with E-state index in [9.17, 15) is 70.2 Å². The third kappa shape index (κ3) is 25.5. The molecule has 1 saturated heterocycles. The molecular weight excluding hydrogens is 1010 g/mol. The lowest BCUT2D eigenvalue weighted by molar-refractivity contribution is -0.279. The molecule has 0 amide bonds. The lowest BCUT2D eigenvalue weighted by Crippen LogP contribution is -2.61. The summed E-state index contributed by atoms with van der Waals surface area (Å²) in [5, 5.41) is 111. The second kappa shape index (κ2) is 35.7. The number of ether oxygens (including phenoxy) is 3. The zero-order valence-corrected chi connectivity index (χ0v) is 45.7. The fraction of sp³-hybridized carbons (Fsp3) is 0.593. The lowest BCUT2D eigenvalue weighted by Gasteiger charge is -2.41. The molecule has 0 aromatic heterocycles. The monoisotopic (exact) mass is 1100 g/mol. The van der Waals surface area contributed by atoms with Gasteiger partial charge in [-0.3, -0.25) is 19.2 Å². The maximum absolute atomic E-state index is 13.3. The largest absolute Gasteiger partial charge is 0.461 e. The number of hydrogen-bond donors (Lipinski definition) is 12. The molecule has 3 rings (SSSR count). The zero-order valence-electron chi connectivity index (χ0n) is 45.7. The highest BCUT2D eigenvalue weighted by atomic mass is 16.7. The SMILES string of the molecule is CNc1ccc(C(=O)CC(O)CCC(C)C2OC(=O)CC(O)CC(O)CC(O)CC(O)CC(O)CC(=O)CC(=O)CC(O)C(C)C(O)CC(OC3OC(C)C(N)C(O)C3O)C=CC=CC=CC=CC=CC=CC=CC2C)cc1. The number of nitrogens with two attached hydrogens (primary N) is 1. The van der Waals surface area contributed by atoms with Crippen molar-refractivity contribution < 1.29 is 84.5 Å². The number of ketones is 3. The first-order valence-electron chi connectivity index (χ1n) is 27.1. The van der Waals surface area contributed by atoms with E-state index in [2.05, 4.69) is 5.32 Å². The van der Waals surface area contributed by atoms with E-state index in [1.54, 1.807) is 105 Å². The van der Waals surface area contributed by atoms with E-state index in [4.69, 9.17) is 19.9 Å². The predicted molar refractivity (Wildman–Crippen MR) is 294 cm³/mol. The summed E-state index contributed by atoms with van der Waals surface area (Å²) in [4.78, 5) is 51.9. The van der Waals surface area contributed by atoms with Gasteiger partial charge in [0.2, 0.25) is 0 Å². The smallest absolute Gasteiger partial charge is 0.308 e. The fourth-order valence-corrected chi connectivity index (χ4v) is 9.17. The van der Waals surface area contributed by atoms with Crippen LogP contribution in [0.3, 0.4) is 0 Å². The summed E-state index contributed by atoms with van der Waals surface area (Å²) in [5.74, 6) is -3.85. The number of carbonyl (C=O) groups excluding carboxylic acids is 4. The summed E-state index contributed by atoms with van der Waals surface area (Å²) >= 11 is 0. The number of rotatable bonds is 10. The summed E-state index contributed by atoms with van der Waals surface area (Å²) < 4.78 is 17.7. The second-order valence-electron chi connectivity index (χ2n) is 20.9. The van der Waals surface area contributed by atoms with Gasteiger partial charge in [0, 0.05) is 55.8 Å². The van der Waals surface area contributed by atoms with E-state index < -0.39 is 141 Å². The number of allylic oxidation sites excluding steroid dienone is 12. The molecular formula is C59H88N2O17. The van der Waals surface area contributed by atoms with Crippen molar-refractivity contribution in [2.24, 2.45) is 23.5 Å². The number of esters is 1. The van der Waals surface area contributed by atoms with Crippen LogP contribution >= 0.6 is 0 Å². The van der Waals surface area contributed by atoms with Gasteiger partial charge in [0.15, 0.2) is 12.1 Å². The zero-order chi connectivity index (χ0) is 57.9. The van der Waals surface area contributed by atoms with Crippen molar-refractivity contribution >= 4 is 29.0 Å². The number of Topliss-reactive ketones (excluding diaryl/α,β-unsaturated/α-hetero) is 3. The summed E-state index contributed by atoms with van der Waals surface area (Å²) in [5.41, 5.74) is 7.27. The minimum absolute atomic E-state index is 0.0936. The molecule has 1 fully saturated rings. The van der Waals surface area contributed by atoms with Crippen molar-refractivity contribution in [3.63, 3.8) is 0 Å². The highest BCUT2D eigenvalue weighted by molar-refractivity contribution is 5.99. The van der Waals surface area contributed by atoms with Crippen LogP contribution < -0.4 is 11.1 Å². The molecule has 2 aliphatic heterocycles. The van der Waals surface area contributed by atoms with Crippen LogP contribution in [0.1, 0.15) is 115 Å². The predicted octanol–water partition coefficient (Wildman–Crippen LogP) is 3.52. The average molecular weight is 1100 g/mol. The van der Waals surface area contributed by atoms with Crippen LogP contribution in [0, 0.1) is 17.8 Å². The van der Waals surface area contributed by atoms with Crippen LogP contribution in [-0.4, -0.2) is 173 Å². The van der Waals surface area contributed by atoms with Gasteiger partial charge in [-0.05, 0) is 75.6 Å². The van der Waals surface area contributed by atoms with Crippen molar-refractivity contribution in [3.8, 4) is 0 Å². The highest BCUT2D eigenvalue weighted by Crippen LogP contribution is 2.28. The van der Waals surface area contributed by atoms with E-state index in [-0.39, 0.29) is 62.6 Å². The lowest BCUT2D eigenvalue weighted by atomic mass is 9.88. The van der Waals surface area contributed by atoms with Gasteiger partial charge in [0.1, 0.15) is 29.9 Å². The maximum atomic E-state index is 13.3. The third-order valence-electron chi connectivity index (χ3n) is 14.0. The van der Waals surface area contributed by atoms with Crippen molar-refractivity contribution in [1.82, 2.24) is 0 Å². The van der Waals surface area contributed by atoms with Gasteiger partial charge in [-0.25, -0.2) is 0 Å². The Kier molecular flexibility index (Phi) is 30.9. The number of cyclic esters (lactones) is 1. The second-order valence-corrected chi connectivity index (χ2v) is 20.9. The van der Waals surface area contributed by atoms with Crippen molar-refractivity contribution in [3.05, 3.63) is 115 Å². The Morgan fingerprint density at radius 3 is 1.71 bits per heavy atom. The average Bonchev–Trinajstić information content (AvgIpc) is 3.38. The molecule has 78 heavy (non-hydrogen) atoms. The van der Waals surface area contributed by atoms with Crippen LogP contribution in [-0.2, 0) is 28.6 Å². The van der Waals surface area contributed by atoms with Gasteiger partial charge in [-0.2, -0.15) is 0 Å². The molecule has 19 heteroatoms. The third-order valence-corrected chi connectivity index (χ3v) is 14.0. The Balaban J connectivity index is 1.79. The molecule has 436 valence electrons. The Morgan fingerprint density at radius 2 is 1.15 bits per heavy atom. The van der Waals surface area contributed by atoms with Crippen LogP contribution in [0.15, 0.2) is 109 Å². The molecule has 0 spiro atoms. The maximum Gasteiger partial charge on any atom is 0.308 e. The normalized spacial score (nSPS) is 33.6. The molecule has 13 N–H and O–H groups in total. The molecule has 1 aromatic rings. The summed E-state index contributed by atoms with van der Waals surface area (Å²) in [6.07, 6.45) is 4.79. The summed E-state index contributed by atoms with van der Waals surface area (Å²) in [6.45, 7) is 6.85. The first kappa shape index (κ1) is 67.4. The van der Waals surface area contributed by atoms with Gasteiger partial charge < -0.3 is 76.3 Å². The topological polar surface area (TPSA) is 336 Å². The Hall–Kier alpha value is -4.84. The minimum atomic E-state index is -1.51. The van der Waals surface area contributed by atoms with Crippen molar-refractivity contribution in [1.29, 1.82) is 0 Å². The van der Waals surface area contributed by atoms with E-state index in [1.165, 1.54) is 6.92 Å². The molecule has 18 unspecified atom stereocenters. The van der Waals surface area contributed by atoms with Crippen LogP contribution in [0.4, 0.5) is 5.69 Å². The minimum Gasteiger partial charge on any atom is -0.461 e. The molecule has 0 aliphatic carbocycles. The number of hydrogen-bond acceptors (Lipinski definition) is 19.